The molecule has 0 spiro atoms. The molecule has 1 aliphatic heterocycles. The first-order valence-corrected chi connectivity index (χ1v) is 7.18. The molecule has 0 bridgehead atoms. The Morgan fingerprint density at radius 3 is 2.32 bits per heavy atom. The first-order chi connectivity index (χ1) is 8.94. The summed E-state index contributed by atoms with van der Waals surface area (Å²) in [7, 11) is 0. The Kier molecular flexibility index (Phi) is 5.09. The monoisotopic (exact) mass is 279 g/mol. The minimum absolute atomic E-state index is 0.172. The van der Waals surface area contributed by atoms with Gasteiger partial charge in [0.05, 0.1) is 6.54 Å². The average molecular weight is 279 g/mol. The highest BCUT2D eigenvalue weighted by molar-refractivity contribution is 4.82. The molecule has 2 fully saturated rings. The van der Waals surface area contributed by atoms with Crippen LogP contribution in [-0.4, -0.2) is 67.8 Å². The third kappa shape index (κ3) is 5.67. The van der Waals surface area contributed by atoms with E-state index in [1.807, 2.05) is 6.92 Å². The molecular weight excluding hydrogens is 255 g/mol. The zero-order valence-corrected chi connectivity index (χ0v) is 11.5. The molecule has 112 valence electrons. The molecule has 1 heterocycles. The van der Waals surface area contributed by atoms with Crippen LogP contribution in [0, 0.1) is 5.92 Å². The van der Waals surface area contributed by atoms with Crippen LogP contribution >= 0.6 is 0 Å². The molecule has 1 atom stereocenters. The van der Waals surface area contributed by atoms with Gasteiger partial charge in [-0.25, -0.2) is 0 Å². The lowest BCUT2D eigenvalue weighted by Crippen LogP contribution is -2.52. The summed E-state index contributed by atoms with van der Waals surface area (Å²) in [5.74, 6) is 0.914. The van der Waals surface area contributed by atoms with Crippen LogP contribution in [0.1, 0.15) is 19.8 Å². The first-order valence-electron chi connectivity index (χ1n) is 7.18. The molecule has 0 aromatic carbocycles. The first kappa shape index (κ1) is 15.1. The van der Waals surface area contributed by atoms with Crippen molar-refractivity contribution in [3.8, 4) is 0 Å². The van der Waals surface area contributed by atoms with Crippen LogP contribution in [0.4, 0.5) is 13.2 Å². The van der Waals surface area contributed by atoms with Gasteiger partial charge in [0, 0.05) is 45.3 Å². The van der Waals surface area contributed by atoms with E-state index in [4.69, 9.17) is 0 Å². The zero-order chi connectivity index (χ0) is 13.9. The summed E-state index contributed by atoms with van der Waals surface area (Å²) in [6, 6.07) is 0.172. The van der Waals surface area contributed by atoms with Gasteiger partial charge in [0.2, 0.25) is 0 Å². The third-order valence-corrected chi connectivity index (χ3v) is 4.01. The summed E-state index contributed by atoms with van der Waals surface area (Å²) in [5.41, 5.74) is 0. The largest absolute Gasteiger partial charge is 0.401 e. The topological polar surface area (TPSA) is 18.5 Å². The smallest absolute Gasteiger partial charge is 0.307 e. The molecule has 2 rings (SSSR count). The number of hydrogen-bond donors (Lipinski definition) is 1. The molecule has 0 amide bonds. The normalized spacial score (nSPS) is 24.6. The molecule has 3 nitrogen and oxygen atoms in total. The van der Waals surface area contributed by atoms with Crippen molar-refractivity contribution in [2.45, 2.75) is 32.0 Å². The van der Waals surface area contributed by atoms with Crippen molar-refractivity contribution in [2.75, 3.05) is 45.8 Å². The Balaban J connectivity index is 1.60. The quantitative estimate of drug-likeness (QED) is 0.796. The van der Waals surface area contributed by atoms with E-state index in [1.54, 1.807) is 0 Å². The molecule has 0 aromatic heterocycles. The molecule has 1 saturated heterocycles. The second-order valence-electron chi connectivity index (χ2n) is 5.88. The van der Waals surface area contributed by atoms with Crippen molar-refractivity contribution in [3.63, 3.8) is 0 Å². The lowest BCUT2D eigenvalue weighted by Gasteiger charge is -2.38. The second kappa shape index (κ2) is 6.41. The number of halogens is 3. The van der Waals surface area contributed by atoms with Gasteiger partial charge in [-0.15, -0.1) is 0 Å². The summed E-state index contributed by atoms with van der Waals surface area (Å²) in [5, 5.41) is 2.50. The van der Waals surface area contributed by atoms with E-state index in [0.717, 1.165) is 32.1 Å². The fourth-order valence-electron chi connectivity index (χ4n) is 2.60. The van der Waals surface area contributed by atoms with E-state index < -0.39 is 12.7 Å². The Morgan fingerprint density at radius 2 is 1.79 bits per heavy atom. The van der Waals surface area contributed by atoms with Gasteiger partial charge in [-0.05, 0) is 25.7 Å². The van der Waals surface area contributed by atoms with Crippen molar-refractivity contribution >= 4 is 0 Å². The summed E-state index contributed by atoms with van der Waals surface area (Å²) in [6.07, 6.45) is -1.36. The van der Waals surface area contributed by atoms with Crippen LogP contribution in [0.5, 0.6) is 0 Å². The van der Waals surface area contributed by atoms with Crippen LogP contribution in [0.2, 0.25) is 0 Å². The predicted octanol–water partition coefficient (Wildman–Crippen LogP) is 1.55. The molecule has 1 saturated carbocycles. The lowest BCUT2D eigenvalue weighted by molar-refractivity contribution is -0.125. The standard InChI is InChI=1S/C13H24F3N3/c1-11(8-17-10-13(14,15)16)19-6-4-18(5-7-19)9-12-2-3-12/h11-12,17H,2-10H2,1H3. The maximum Gasteiger partial charge on any atom is 0.401 e. The minimum atomic E-state index is -4.11. The fourth-order valence-corrected chi connectivity index (χ4v) is 2.60. The highest BCUT2D eigenvalue weighted by Gasteiger charge is 2.29. The van der Waals surface area contributed by atoms with Crippen LogP contribution in [0.15, 0.2) is 0 Å². The second-order valence-corrected chi connectivity index (χ2v) is 5.88. The maximum absolute atomic E-state index is 12.0. The number of nitrogens with zero attached hydrogens (tertiary/aromatic N) is 2. The summed E-state index contributed by atoms with van der Waals surface area (Å²) >= 11 is 0. The van der Waals surface area contributed by atoms with E-state index in [9.17, 15) is 13.2 Å². The molecule has 0 aromatic rings. The van der Waals surface area contributed by atoms with Crippen molar-refractivity contribution in [3.05, 3.63) is 0 Å². The minimum Gasteiger partial charge on any atom is -0.307 e. The molecule has 1 aliphatic carbocycles. The Bertz CT molecular complexity index is 271. The van der Waals surface area contributed by atoms with E-state index in [-0.39, 0.29) is 6.04 Å². The van der Waals surface area contributed by atoms with E-state index in [2.05, 4.69) is 15.1 Å². The highest BCUT2D eigenvalue weighted by atomic mass is 19.4. The summed E-state index contributed by atoms with van der Waals surface area (Å²) < 4.78 is 36.1. The van der Waals surface area contributed by atoms with Gasteiger partial charge in [0.25, 0.3) is 0 Å². The van der Waals surface area contributed by atoms with Crippen molar-refractivity contribution < 1.29 is 13.2 Å². The molecule has 19 heavy (non-hydrogen) atoms. The SMILES string of the molecule is CC(CNCC(F)(F)F)N1CCN(CC2CC2)CC1. The summed E-state index contributed by atoms with van der Waals surface area (Å²) in [4.78, 5) is 4.77. The van der Waals surface area contributed by atoms with Crippen molar-refractivity contribution in [1.29, 1.82) is 0 Å². The highest BCUT2D eigenvalue weighted by Crippen LogP contribution is 2.29. The number of hydrogen-bond acceptors (Lipinski definition) is 3. The number of rotatable bonds is 6. The molecule has 2 aliphatic rings. The lowest BCUT2D eigenvalue weighted by atomic mass is 10.2. The molecular formula is C13H24F3N3. The van der Waals surface area contributed by atoms with Gasteiger partial charge < -0.3 is 10.2 Å². The van der Waals surface area contributed by atoms with E-state index in [0.29, 0.717) is 6.54 Å². The van der Waals surface area contributed by atoms with E-state index in [1.165, 1.54) is 19.4 Å². The van der Waals surface area contributed by atoms with E-state index >= 15 is 0 Å². The van der Waals surface area contributed by atoms with Gasteiger partial charge in [0.15, 0.2) is 0 Å². The predicted molar refractivity (Wildman–Crippen MR) is 69.1 cm³/mol. The maximum atomic E-state index is 12.0. The van der Waals surface area contributed by atoms with Crippen molar-refractivity contribution in [2.24, 2.45) is 5.92 Å². The molecule has 0 radical (unpaired) electrons. The van der Waals surface area contributed by atoms with Crippen LogP contribution in [0.25, 0.3) is 0 Å². The fraction of sp³-hybridized carbons (Fsp3) is 1.00. The van der Waals surface area contributed by atoms with Gasteiger partial charge in [0.1, 0.15) is 0 Å². The third-order valence-electron chi connectivity index (χ3n) is 4.01. The summed E-state index contributed by atoms with van der Waals surface area (Å²) in [6.45, 7) is 6.79. The Morgan fingerprint density at radius 1 is 1.16 bits per heavy atom. The Labute approximate surface area is 113 Å². The van der Waals surface area contributed by atoms with Gasteiger partial charge >= 0.3 is 6.18 Å². The zero-order valence-electron chi connectivity index (χ0n) is 11.5. The molecule has 1 unspecified atom stereocenters. The number of nitrogens with one attached hydrogen (secondary N) is 1. The van der Waals surface area contributed by atoms with Gasteiger partial charge in [-0.1, -0.05) is 0 Å². The van der Waals surface area contributed by atoms with Crippen LogP contribution < -0.4 is 5.32 Å². The van der Waals surface area contributed by atoms with Crippen molar-refractivity contribution in [1.82, 2.24) is 15.1 Å². The van der Waals surface area contributed by atoms with Gasteiger partial charge in [-0.2, -0.15) is 13.2 Å². The van der Waals surface area contributed by atoms with Crippen LogP contribution in [0.3, 0.4) is 0 Å². The number of alkyl halides is 3. The molecule has 1 N–H and O–H groups in total. The average Bonchev–Trinajstić information content (AvgIpc) is 3.12. The molecule has 6 heteroatoms. The number of piperazine rings is 1. The van der Waals surface area contributed by atoms with Crippen LogP contribution in [-0.2, 0) is 0 Å². The Hall–Kier alpha value is -0.330. The van der Waals surface area contributed by atoms with Gasteiger partial charge in [-0.3, -0.25) is 4.90 Å².